The van der Waals surface area contributed by atoms with E-state index in [1.807, 2.05) is 6.92 Å². The van der Waals surface area contributed by atoms with Gasteiger partial charge < -0.3 is 14.7 Å². The van der Waals surface area contributed by atoms with E-state index in [9.17, 15) is 9.59 Å². The molecule has 5 nitrogen and oxygen atoms in total. The van der Waals surface area contributed by atoms with E-state index in [0.29, 0.717) is 5.75 Å². The van der Waals surface area contributed by atoms with Gasteiger partial charge in [-0.15, -0.1) is 11.8 Å². The molecule has 1 aliphatic rings. The number of nitrogens with zero attached hydrogens (tertiary/aromatic N) is 1. The molecule has 1 fully saturated rings. The van der Waals surface area contributed by atoms with E-state index in [-0.39, 0.29) is 11.3 Å². The number of hydrogen-bond donors (Lipinski definition) is 1. The maximum atomic E-state index is 12.1. The molecule has 0 bridgehead atoms. The summed E-state index contributed by atoms with van der Waals surface area (Å²) in [5.74, 6) is -0.710. The molecule has 0 spiro atoms. The maximum Gasteiger partial charge on any atom is 0.327 e. The monoisotopic (exact) mass is 261 g/mol. The molecule has 3 unspecified atom stereocenters. The summed E-state index contributed by atoms with van der Waals surface area (Å²) in [6.45, 7) is 3.67. The van der Waals surface area contributed by atoms with Gasteiger partial charge in [0.05, 0.1) is 5.37 Å². The van der Waals surface area contributed by atoms with Crippen LogP contribution in [0.4, 0.5) is 0 Å². The lowest BCUT2D eigenvalue weighted by atomic mass is 10.2. The largest absolute Gasteiger partial charge is 0.480 e. The quantitative estimate of drug-likeness (QED) is 0.805. The molecular formula is C11H19NO4S. The van der Waals surface area contributed by atoms with Crippen molar-refractivity contribution in [1.29, 1.82) is 0 Å². The van der Waals surface area contributed by atoms with Crippen LogP contribution in [0.2, 0.25) is 0 Å². The molecule has 0 radical (unpaired) electrons. The van der Waals surface area contributed by atoms with Crippen LogP contribution < -0.4 is 0 Å². The summed E-state index contributed by atoms with van der Waals surface area (Å²) >= 11 is 1.54. The molecule has 17 heavy (non-hydrogen) atoms. The first-order valence-corrected chi connectivity index (χ1v) is 6.77. The van der Waals surface area contributed by atoms with Crippen LogP contribution in [0.25, 0.3) is 0 Å². The predicted molar refractivity (Wildman–Crippen MR) is 65.9 cm³/mol. The highest BCUT2D eigenvalue weighted by Gasteiger charge is 2.42. The molecule has 98 valence electrons. The van der Waals surface area contributed by atoms with Crippen LogP contribution in [-0.4, -0.2) is 52.3 Å². The average Bonchev–Trinajstić information content (AvgIpc) is 2.71. The summed E-state index contributed by atoms with van der Waals surface area (Å²) < 4.78 is 4.99. The molecule has 1 rings (SSSR count). The Bertz CT molecular complexity index is 297. The van der Waals surface area contributed by atoms with Crippen molar-refractivity contribution in [2.45, 2.75) is 44.2 Å². The summed E-state index contributed by atoms with van der Waals surface area (Å²) in [7, 11) is 1.45. The Morgan fingerprint density at radius 1 is 1.59 bits per heavy atom. The first-order valence-electron chi connectivity index (χ1n) is 5.72. The Balaban J connectivity index is 2.85. The fourth-order valence-electron chi connectivity index (χ4n) is 1.83. The van der Waals surface area contributed by atoms with E-state index in [4.69, 9.17) is 9.84 Å². The van der Waals surface area contributed by atoms with Gasteiger partial charge in [0, 0.05) is 12.9 Å². The normalized spacial score (nSPS) is 25.9. The van der Waals surface area contributed by atoms with Crippen LogP contribution in [0.5, 0.6) is 0 Å². The molecule has 1 saturated heterocycles. The van der Waals surface area contributed by atoms with Crippen molar-refractivity contribution in [3.8, 4) is 0 Å². The molecular weight excluding hydrogens is 242 g/mol. The molecule has 1 N–H and O–H groups in total. The van der Waals surface area contributed by atoms with Gasteiger partial charge in [0.25, 0.3) is 5.91 Å². The molecule has 0 aromatic carbocycles. The number of aliphatic carboxylic acids is 1. The second kappa shape index (κ2) is 6.26. The summed E-state index contributed by atoms with van der Waals surface area (Å²) in [6, 6.07) is -0.721. The van der Waals surface area contributed by atoms with Gasteiger partial charge in [0.2, 0.25) is 0 Å². The van der Waals surface area contributed by atoms with Crippen LogP contribution >= 0.6 is 11.8 Å². The van der Waals surface area contributed by atoms with E-state index in [0.717, 1.165) is 12.8 Å². The zero-order valence-electron chi connectivity index (χ0n) is 10.4. The average molecular weight is 261 g/mol. The smallest absolute Gasteiger partial charge is 0.327 e. The molecule has 1 heterocycles. The zero-order chi connectivity index (χ0) is 13.0. The number of ether oxygens (including phenoxy) is 1. The van der Waals surface area contributed by atoms with Gasteiger partial charge >= 0.3 is 5.97 Å². The van der Waals surface area contributed by atoms with E-state index in [1.165, 1.54) is 23.8 Å². The van der Waals surface area contributed by atoms with E-state index < -0.39 is 18.1 Å². The van der Waals surface area contributed by atoms with Crippen LogP contribution in [0, 0.1) is 0 Å². The van der Waals surface area contributed by atoms with Crippen molar-refractivity contribution in [1.82, 2.24) is 4.90 Å². The Morgan fingerprint density at radius 3 is 2.71 bits per heavy atom. The van der Waals surface area contributed by atoms with Crippen LogP contribution in [-0.2, 0) is 14.3 Å². The van der Waals surface area contributed by atoms with E-state index in [1.54, 1.807) is 6.92 Å². The molecule has 6 heteroatoms. The van der Waals surface area contributed by atoms with Crippen LogP contribution in [0.3, 0.4) is 0 Å². The lowest BCUT2D eigenvalue weighted by molar-refractivity contribution is -0.153. The number of thioether (sulfide) groups is 1. The zero-order valence-corrected chi connectivity index (χ0v) is 11.2. The number of carbonyl (C=O) groups excluding carboxylic acids is 1. The number of methoxy groups -OCH3 is 1. The lowest BCUT2D eigenvalue weighted by Crippen LogP contribution is -2.49. The van der Waals surface area contributed by atoms with Crippen molar-refractivity contribution < 1.29 is 19.4 Å². The van der Waals surface area contributed by atoms with Gasteiger partial charge in [-0.3, -0.25) is 4.79 Å². The first-order chi connectivity index (χ1) is 8.02. The van der Waals surface area contributed by atoms with Crippen molar-refractivity contribution in [3.05, 3.63) is 0 Å². The van der Waals surface area contributed by atoms with Crippen molar-refractivity contribution in [3.63, 3.8) is 0 Å². The Morgan fingerprint density at radius 2 is 2.24 bits per heavy atom. The number of carboxylic acids is 1. The second-order valence-corrected chi connectivity index (χ2v) is 5.26. The summed E-state index contributed by atoms with van der Waals surface area (Å²) in [4.78, 5) is 24.7. The highest BCUT2D eigenvalue weighted by Crippen LogP contribution is 2.32. The van der Waals surface area contributed by atoms with Crippen molar-refractivity contribution in [2.24, 2.45) is 0 Å². The molecule has 1 aliphatic heterocycles. The third kappa shape index (κ3) is 3.13. The Kier molecular flexibility index (Phi) is 5.27. The third-order valence-electron chi connectivity index (χ3n) is 2.87. The standard InChI is InChI=1S/C11H19NO4S/c1-4-5-9-12(10(13)7(2)16-3)8(6-17-9)11(14)15/h7-9H,4-6H2,1-3H3,(H,14,15). The van der Waals surface area contributed by atoms with Gasteiger partial charge in [0.1, 0.15) is 12.1 Å². The minimum Gasteiger partial charge on any atom is -0.480 e. The Labute approximate surface area is 105 Å². The summed E-state index contributed by atoms with van der Waals surface area (Å²) in [6.07, 6.45) is 1.15. The molecule has 0 saturated carbocycles. The lowest BCUT2D eigenvalue weighted by Gasteiger charge is -2.29. The van der Waals surface area contributed by atoms with Gasteiger partial charge in [-0.1, -0.05) is 13.3 Å². The van der Waals surface area contributed by atoms with Gasteiger partial charge in [-0.2, -0.15) is 0 Å². The fraction of sp³-hybridized carbons (Fsp3) is 0.818. The topological polar surface area (TPSA) is 66.8 Å². The number of carbonyl (C=O) groups is 2. The summed E-state index contributed by atoms with van der Waals surface area (Å²) in [5, 5.41) is 9.09. The third-order valence-corrected chi connectivity index (χ3v) is 4.22. The van der Waals surface area contributed by atoms with Gasteiger partial charge in [-0.05, 0) is 13.3 Å². The second-order valence-electron chi connectivity index (χ2n) is 4.05. The minimum atomic E-state index is -0.937. The van der Waals surface area contributed by atoms with Crippen LogP contribution in [0.15, 0.2) is 0 Å². The minimum absolute atomic E-state index is 0.0359. The molecule has 0 aromatic heterocycles. The van der Waals surface area contributed by atoms with Crippen molar-refractivity contribution in [2.75, 3.05) is 12.9 Å². The SMILES string of the molecule is CCCC1SCC(C(=O)O)N1C(=O)C(C)OC. The Hall–Kier alpha value is -0.750. The van der Waals surface area contributed by atoms with E-state index >= 15 is 0 Å². The van der Waals surface area contributed by atoms with Crippen molar-refractivity contribution >= 4 is 23.6 Å². The highest BCUT2D eigenvalue weighted by atomic mass is 32.2. The number of rotatable bonds is 5. The van der Waals surface area contributed by atoms with Gasteiger partial charge in [0.15, 0.2) is 0 Å². The molecule has 1 amide bonds. The fourth-order valence-corrected chi connectivity index (χ4v) is 3.35. The van der Waals surface area contributed by atoms with Crippen LogP contribution in [0.1, 0.15) is 26.7 Å². The predicted octanol–water partition coefficient (Wildman–Crippen LogP) is 1.18. The number of carboxylic acid groups (broad SMARTS) is 1. The highest BCUT2D eigenvalue weighted by molar-refractivity contribution is 8.00. The van der Waals surface area contributed by atoms with E-state index in [2.05, 4.69) is 0 Å². The maximum absolute atomic E-state index is 12.1. The summed E-state index contributed by atoms with van der Waals surface area (Å²) in [5.41, 5.74) is 0. The van der Waals surface area contributed by atoms with Gasteiger partial charge in [-0.25, -0.2) is 4.79 Å². The number of amides is 1. The number of hydrogen-bond acceptors (Lipinski definition) is 4. The molecule has 0 aliphatic carbocycles. The molecule has 3 atom stereocenters. The molecule has 0 aromatic rings. The first kappa shape index (κ1) is 14.3.